The molecule has 0 aromatic heterocycles. The molecule has 0 radical (unpaired) electrons. The van der Waals surface area contributed by atoms with Gasteiger partial charge in [0.1, 0.15) is 18.2 Å². The highest BCUT2D eigenvalue weighted by atomic mass is 16.5. The number of hydrogen-bond acceptors (Lipinski definition) is 4. The summed E-state index contributed by atoms with van der Waals surface area (Å²) in [6.07, 6.45) is 2.47. The fourth-order valence-electron chi connectivity index (χ4n) is 4.13. The molecule has 0 unspecified atom stereocenters. The maximum atomic E-state index is 12.7. The number of amides is 1. The summed E-state index contributed by atoms with van der Waals surface area (Å²) in [6, 6.07) is 27.5. The van der Waals surface area contributed by atoms with E-state index in [-0.39, 0.29) is 5.57 Å². The summed E-state index contributed by atoms with van der Waals surface area (Å²) in [4.78, 5) is 12.7. The van der Waals surface area contributed by atoms with Crippen molar-refractivity contribution in [1.82, 2.24) is 0 Å². The molecule has 4 rings (SSSR count). The summed E-state index contributed by atoms with van der Waals surface area (Å²) in [5.41, 5.74) is 4.78. The number of anilines is 1. The van der Waals surface area contributed by atoms with E-state index in [1.165, 1.54) is 10.9 Å². The summed E-state index contributed by atoms with van der Waals surface area (Å²) in [6.45, 7) is 6.90. The van der Waals surface area contributed by atoms with E-state index in [1.807, 2.05) is 61.5 Å². The van der Waals surface area contributed by atoms with Crippen LogP contribution in [-0.4, -0.2) is 12.5 Å². The molecule has 1 N–H and O–H groups in total. The number of hydrogen-bond donors (Lipinski definition) is 1. The van der Waals surface area contributed by atoms with E-state index in [0.717, 1.165) is 22.9 Å². The molecule has 0 fully saturated rings. The Morgan fingerprint density at radius 3 is 2.46 bits per heavy atom. The largest absolute Gasteiger partial charge is 0.490 e. The minimum absolute atomic E-state index is 0.00191. The monoisotopic (exact) mass is 490 g/mol. The zero-order valence-electron chi connectivity index (χ0n) is 21.4. The van der Waals surface area contributed by atoms with Crippen LogP contribution in [0.4, 0.5) is 5.69 Å². The van der Waals surface area contributed by atoms with Crippen LogP contribution in [0.1, 0.15) is 36.1 Å². The molecule has 186 valence electrons. The Balaban J connectivity index is 1.54. The Bertz CT molecular complexity index is 1480. The average Bonchev–Trinajstić information content (AvgIpc) is 2.92. The number of nitrogens with zero attached hydrogens (tertiary/aromatic N) is 1. The molecule has 0 atom stereocenters. The topological polar surface area (TPSA) is 71.3 Å². The van der Waals surface area contributed by atoms with Gasteiger partial charge < -0.3 is 14.8 Å². The summed E-state index contributed by atoms with van der Waals surface area (Å²) in [5, 5.41) is 14.7. The molecule has 0 aliphatic carbocycles. The van der Waals surface area contributed by atoms with Crippen LogP contribution in [0.15, 0.2) is 84.4 Å². The van der Waals surface area contributed by atoms with Gasteiger partial charge in [0.15, 0.2) is 11.5 Å². The zero-order chi connectivity index (χ0) is 26.2. The zero-order valence-corrected chi connectivity index (χ0v) is 21.4. The van der Waals surface area contributed by atoms with E-state index < -0.39 is 5.91 Å². The molecule has 1 amide bonds. The van der Waals surface area contributed by atoms with Gasteiger partial charge in [0.2, 0.25) is 0 Å². The SMILES string of the molecule is CCOc1cc(/C=C(\C#N)C(=O)Nc2ccc(CC)cc2)ccc1OCc1c(C)ccc2ccccc12. The lowest BCUT2D eigenvalue weighted by Gasteiger charge is -2.15. The second kappa shape index (κ2) is 11.9. The number of nitriles is 1. The van der Waals surface area contributed by atoms with Gasteiger partial charge in [-0.2, -0.15) is 5.26 Å². The molecule has 5 heteroatoms. The minimum Gasteiger partial charge on any atom is -0.490 e. The molecule has 0 bridgehead atoms. The first-order valence-corrected chi connectivity index (χ1v) is 12.4. The second-order valence-electron chi connectivity index (χ2n) is 8.68. The number of aryl methyl sites for hydroxylation is 2. The average molecular weight is 491 g/mol. The lowest BCUT2D eigenvalue weighted by atomic mass is 10.0. The number of nitrogens with one attached hydrogen (secondary N) is 1. The molecule has 0 saturated heterocycles. The van der Waals surface area contributed by atoms with Gasteiger partial charge in [-0.15, -0.1) is 0 Å². The van der Waals surface area contributed by atoms with Crippen LogP contribution in [0.3, 0.4) is 0 Å². The van der Waals surface area contributed by atoms with Crippen LogP contribution in [-0.2, 0) is 17.8 Å². The molecule has 0 saturated carbocycles. The molecular weight excluding hydrogens is 460 g/mol. The van der Waals surface area contributed by atoms with Crippen molar-refractivity contribution in [2.75, 3.05) is 11.9 Å². The highest BCUT2D eigenvalue weighted by Crippen LogP contribution is 2.32. The van der Waals surface area contributed by atoms with Crippen molar-refractivity contribution >= 4 is 28.4 Å². The molecule has 0 heterocycles. The van der Waals surface area contributed by atoms with Gasteiger partial charge in [0.25, 0.3) is 5.91 Å². The number of rotatable bonds is 9. The number of benzene rings is 4. The van der Waals surface area contributed by atoms with Crippen molar-refractivity contribution in [3.63, 3.8) is 0 Å². The maximum absolute atomic E-state index is 12.7. The highest BCUT2D eigenvalue weighted by Gasteiger charge is 2.13. The van der Waals surface area contributed by atoms with Crippen LogP contribution >= 0.6 is 0 Å². The Morgan fingerprint density at radius 1 is 0.946 bits per heavy atom. The second-order valence-corrected chi connectivity index (χ2v) is 8.68. The van der Waals surface area contributed by atoms with Crippen molar-refractivity contribution in [3.05, 3.63) is 107 Å². The third-order valence-corrected chi connectivity index (χ3v) is 6.21. The number of fused-ring (bicyclic) bond motifs is 1. The fraction of sp³-hybridized carbons (Fsp3) is 0.188. The van der Waals surface area contributed by atoms with Gasteiger partial charge in [-0.25, -0.2) is 0 Å². The number of ether oxygens (including phenoxy) is 2. The first-order valence-electron chi connectivity index (χ1n) is 12.4. The van der Waals surface area contributed by atoms with E-state index in [9.17, 15) is 10.1 Å². The quantitative estimate of drug-likeness (QED) is 0.198. The van der Waals surface area contributed by atoms with Gasteiger partial charge in [-0.1, -0.05) is 61.5 Å². The molecule has 5 nitrogen and oxygen atoms in total. The third-order valence-electron chi connectivity index (χ3n) is 6.21. The summed E-state index contributed by atoms with van der Waals surface area (Å²) < 4.78 is 12.0. The first-order chi connectivity index (χ1) is 18.0. The predicted octanol–water partition coefficient (Wildman–Crippen LogP) is 7.23. The Morgan fingerprint density at radius 2 is 1.73 bits per heavy atom. The molecule has 0 spiro atoms. The lowest BCUT2D eigenvalue weighted by molar-refractivity contribution is -0.112. The third kappa shape index (κ3) is 6.17. The Labute approximate surface area is 218 Å². The first kappa shape index (κ1) is 25.5. The molecule has 37 heavy (non-hydrogen) atoms. The van der Waals surface area contributed by atoms with Gasteiger partial charge in [-0.3, -0.25) is 4.79 Å². The highest BCUT2D eigenvalue weighted by molar-refractivity contribution is 6.09. The van der Waals surface area contributed by atoms with Gasteiger partial charge in [0.05, 0.1) is 6.61 Å². The van der Waals surface area contributed by atoms with Crippen LogP contribution in [0.5, 0.6) is 11.5 Å². The molecule has 0 aliphatic rings. The maximum Gasteiger partial charge on any atom is 0.266 e. The molecule has 4 aromatic carbocycles. The van der Waals surface area contributed by atoms with Crippen LogP contribution in [0.25, 0.3) is 16.8 Å². The van der Waals surface area contributed by atoms with Gasteiger partial charge in [-0.05, 0) is 78.1 Å². The molecule has 4 aromatic rings. The van der Waals surface area contributed by atoms with E-state index in [2.05, 4.69) is 43.4 Å². The number of carbonyl (C=O) groups excluding carboxylic acids is 1. The summed E-state index contributed by atoms with van der Waals surface area (Å²) in [5.74, 6) is 0.698. The molecular formula is C32H30N2O3. The van der Waals surface area contributed by atoms with E-state index in [0.29, 0.717) is 36.0 Å². The van der Waals surface area contributed by atoms with Crippen molar-refractivity contribution in [3.8, 4) is 17.6 Å². The van der Waals surface area contributed by atoms with Crippen LogP contribution in [0, 0.1) is 18.3 Å². The van der Waals surface area contributed by atoms with Crippen LogP contribution < -0.4 is 14.8 Å². The standard InChI is InChI=1S/C32H30N2O3/c1-4-23-11-15-27(16-12-23)34-32(35)26(20-33)18-24-13-17-30(31(19-24)36-5-2)37-21-29-22(3)10-14-25-8-6-7-9-28(25)29/h6-19H,4-5,21H2,1-3H3,(H,34,35)/b26-18+. The van der Waals surface area contributed by atoms with Crippen molar-refractivity contribution in [1.29, 1.82) is 5.26 Å². The van der Waals surface area contributed by atoms with E-state index in [4.69, 9.17) is 9.47 Å². The fourth-order valence-corrected chi connectivity index (χ4v) is 4.13. The lowest BCUT2D eigenvalue weighted by Crippen LogP contribution is -2.13. The normalized spacial score (nSPS) is 11.1. The van der Waals surface area contributed by atoms with Gasteiger partial charge in [0, 0.05) is 11.3 Å². The summed E-state index contributed by atoms with van der Waals surface area (Å²) in [7, 11) is 0. The van der Waals surface area contributed by atoms with Crippen LogP contribution in [0.2, 0.25) is 0 Å². The van der Waals surface area contributed by atoms with Crippen molar-refractivity contribution in [2.45, 2.75) is 33.8 Å². The van der Waals surface area contributed by atoms with Gasteiger partial charge >= 0.3 is 0 Å². The predicted molar refractivity (Wildman–Crippen MR) is 149 cm³/mol. The summed E-state index contributed by atoms with van der Waals surface area (Å²) >= 11 is 0. The van der Waals surface area contributed by atoms with E-state index in [1.54, 1.807) is 12.1 Å². The smallest absolute Gasteiger partial charge is 0.266 e. The van der Waals surface area contributed by atoms with Crippen molar-refractivity contribution in [2.24, 2.45) is 0 Å². The molecule has 0 aliphatic heterocycles. The minimum atomic E-state index is -0.462. The number of carbonyl (C=O) groups is 1. The Hall–Kier alpha value is -4.56. The van der Waals surface area contributed by atoms with E-state index >= 15 is 0 Å². The Kier molecular flexibility index (Phi) is 8.22. The van der Waals surface area contributed by atoms with Crippen molar-refractivity contribution < 1.29 is 14.3 Å².